The maximum absolute atomic E-state index is 13.7. The number of fused-ring (bicyclic) bond motifs is 1. The van der Waals surface area contributed by atoms with Crippen molar-refractivity contribution in [2.45, 2.75) is 26.3 Å². The van der Waals surface area contributed by atoms with E-state index in [4.69, 9.17) is 9.47 Å². The van der Waals surface area contributed by atoms with Crippen LogP contribution in [-0.4, -0.2) is 29.4 Å². The zero-order valence-corrected chi connectivity index (χ0v) is 22.5. The van der Waals surface area contributed by atoms with Gasteiger partial charge in [-0.15, -0.1) is 6.58 Å². The smallest absolute Gasteiger partial charge is 0.338 e. The van der Waals surface area contributed by atoms with Crippen LogP contribution in [0, 0.1) is 0 Å². The molecule has 1 aliphatic heterocycles. The predicted molar refractivity (Wildman–Crippen MR) is 143 cm³/mol. The van der Waals surface area contributed by atoms with Crippen LogP contribution in [0.2, 0.25) is 0 Å². The molecule has 0 fully saturated rings. The Morgan fingerprint density at radius 1 is 1.31 bits per heavy atom. The lowest BCUT2D eigenvalue weighted by Gasteiger charge is -2.25. The van der Waals surface area contributed by atoms with Crippen molar-refractivity contribution >= 4 is 39.3 Å². The van der Waals surface area contributed by atoms with Crippen LogP contribution < -0.4 is 19.6 Å². The van der Waals surface area contributed by atoms with Gasteiger partial charge >= 0.3 is 5.97 Å². The maximum atomic E-state index is 13.7. The van der Waals surface area contributed by atoms with Crippen molar-refractivity contribution in [1.29, 1.82) is 0 Å². The highest BCUT2D eigenvalue weighted by Gasteiger charge is 2.33. The Morgan fingerprint density at radius 3 is 2.75 bits per heavy atom. The lowest BCUT2D eigenvalue weighted by Crippen LogP contribution is -2.40. The molecule has 9 heteroatoms. The summed E-state index contributed by atoms with van der Waals surface area (Å²) in [6.45, 7) is 7.41. The Balaban J connectivity index is 1.94. The number of benzene rings is 2. The van der Waals surface area contributed by atoms with Gasteiger partial charge in [0.1, 0.15) is 11.5 Å². The van der Waals surface area contributed by atoms with Crippen molar-refractivity contribution in [3.05, 3.63) is 101 Å². The molecule has 1 aliphatic rings. The molecule has 0 aliphatic carbocycles. The van der Waals surface area contributed by atoms with Gasteiger partial charge in [0.2, 0.25) is 0 Å². The number of aromatic hydroxyl groups is 1. The van der Waals surface area contributed by atoms with Gasteiger partial charge in [0.15, 0.2) is 4.80 Å². The molecule has 2 heterocycles. The Kier molecular flexibility index (Phi) is 7.61. The first-order valence-electron chi connectivity index (χ1n) is 11.2. The molecule has 36 heavy (non-hydrogen) atoms. The van der Waals surface area contributed by atoms with E-state index in [1.165, 1.54) is 15.9 Å². The van der Waals surface area contributed by atoms with Crippen LogP contribution in [0.1, 0.15) is 36.6 Å². The number of esters is 1. The molecule has 0 saturated heterocycles. The van der Waals surface area contributed by atoms with Gasteiger partial charge in [-0.1, -0.05) is 29.5 Å². The number of hydrogen-bond acceptors (Lipinski definition) is 7. The molecule has 0 bridgehead atoms. The van der Waals surface area contributed by atoms with Gasteiger partial charge < -0.3 is 14.6 Å². The predicted octanol–water partition coefficient (Wildman–Crippen LogP) is 4.00. The highest BCUT2D eigenvalue weighted by atomic mass is 79.9. The molecule has 0 unspecified atom stereocenters. The first-order valence-corrected chi connectivity index (χ1v) is 12.9. The van der Waals surface area contributed by atoms with E-state index >= 15 is 0 Å². The number of allylic oxidation sites excluding steroid dienone is 2. The summed E-state index contributed by atoms with van der Waals surface area (Å²) < 4.78 is 13.4. The van der Waals surface area contributed by atoms with Crippen molar-refractivity contribution in [1.82, 2.24) is 4.57 Å². The summed E-state index contributed by atoms with van der Waals surface area (Å²) in [6, 6.07) is 9.88. The average molecular weight is 569 g/mol. The second kappa shape index (κ2) is 10.7. The van der Waals surface area contributed by atoms with Crippen molar-refractivity contribution < 1.29 is 19.4 Å². The van der Waals surface area contributed by atoms with Gasteiger partial charge in [-0.05, 0) is 83.2 Å². The number of thiazole rings is 1. The summed E-state index contributed by atoms with van der Waals surface area (Å²) >= 11 is 4.76. The Labute approximate surface area is 220 Å². The van der Waals surface area contributed by atoms with Crippen LogP contribution in [0.25, 0.3) is 6.08 Å². The largest absolute Gasteiger partial charge is 0.508 e. The quantitative estimate of drug-likeness (QED) is 0.343. The fourth-order valence-corrected chi connectivity index (χ4v) is 5.73. The van der Waals surface area contributed by atoms with E-state index in [1.807, 2.05) is 18.2 Å². The van der Waals surface area contributed by atoms with Crippen LogP contribution >= 0.6 is 27.3 Å². The molecule has 3 aromatic rings. The summed E-state index contributed by atoms with van der Waals surface area (Å²) in [7, 11) is 1.57. The minimum atomic E-state index is -0.721. The minimum Gasteiger partial charge on any atom is -0.508 e. The van der Waals surface area contributed by atoms with Crippen molar-refractivity contribution in [3.63, 3.8) is 0 Å². The van der Waals surface area contributed by atoms with E-state index in [0.717, 1.165) is 5.56 Å². The fourth-order valence-electron chi connectivity index (χ4n) is 4.13. The molecular weight excluding hydrogens is 544 g/mol. The number of aromatic nitrogens is 1. The molecule has 1 aromatic heterocycles. The highest BCUT2D eigenvalue weighted by molar-refractivity contribution is 9.10. The Morgan fingerprint density at radius 2 is 2.08 bits per heavy atom. The number of halogens is 1. The van der Waals surface area contributed by atoms with Crippen LogP contribution in [0.4, 0.5) is 0 Å². The van der Waals surface area contributed by atoms with E-state index in [1.54, 1.807) is 51.3 Å². The van der Waals surface area contributed by atoms with Gasteiger partial charge in [0, 0.05) is 0 Å². The number of ether oxygens (including phenoxy) is 2. The summed E-state index contributed by atoms with van der Waals surface area (Å²) in [5, 5.41) is 10.1. The number of carbonyl (C=O) groups is 1. The lowest BCUT2D eigenvalue weighted by atomic mass is 9.96. The SMILES string of the molecule is C=CCc1cc(/C=c2/sc3n(c2=O)[C@@H](c2ccc(OC)c(Br)c2)C(C(=O)OCC)=C(C)N=3)ccc1O. The number of hydrogen-bond donors (Lipinski definition) is 1. The van der Waals surface area contributed by atoms with E-state index < -0.39 is 12.0 Å². The maximum Gasteiger partial charge on any atom is 0.338 e. The number of phenols is 1. The number of nitrogens with zero attached hydrogens (tertiary/aromatic N) is 2. The monoisotopic (exact) mass is 568 g/mol. The molecule has 7 nitrogen and oxygen atoms in total. The molecule has 1 atom stereocenters. The van der Waals surface area contributed by atoms with E-state index in [9.17, 15) is 14.7 Å². The Hall–Kier alpha value is -3.43. The van der Waals surface area contributed by atoms with Crippen molar-refractivity contribution in [2.24, 2.45) is 4.99 Å². The number of methoxy groups -OCH3 is 1. The summed E-state index contributed by atoms with van der Waals surface area (Å²) in [5.41, 5.74) is 2.73. The fraction of sp³-hybridized carbons (Fsp3) is 0.222. The third-order valence-electron chi connectivity index (χ3n) is 5.77. The first-order chi connectivity index (χ1) is 17.3. The third kappa shape index (κ3) is 4.81. The van der Waals surface area contributed by atoms with Crippen LogP contribution in [-0.2, 0) is 16.0 Å². The van der Waals surface area contributed by atoms with Gasteiger partial charge in [0.25, 0.3) is 5.56 Å². The molecule has 4 rings (SSSR count). The summed E-state index contributed by atoms with van der Waals surface area (Å²) in [4.78, 5) is 31.8. The summed E-state index contributed by atoms with van der Waals surface area (Å²) in [6.07, 6.45) is 3.98. The third-order valence-corrected chi connectivity index (χ3v) is 7.38. The van der Waals surface area contributed by atoms with Crippen LogP contribution in [0.15, 0.2) is 74.6 Å². The number of rotatable bonds is 7. The Bertz CT molecular complexity index is 1570. The lowest BCUT2D eigenvalue weighted by molar-refractivity contribution is -0.139. The van der Waals surface area contributed by atoms with Crippen molar-refractivity contribution in [3.8, 4) is 11.5 Å². The molecular formula is C27H25BrN2O5S. The standard InChI is InChI=1S/C27H25BrN2O5S/c1-5-7-17-12-16(8-10-20(17)31)13-22-25(32)30-24(18-9-11-21(34-4)19(28)14-18)23(26(33)35-6-2)15(3)29-27(30)36-22/h5,8-14,24,31H,1,6-7H2,2-4H3/b22-13+/t24-/m0/s1. The normalized spacial score (nSPS) is 15.3. The molecule has 186 valence electrons. The molecule has 0 amide bonds. The van der Waals surface area contributed by atoms with E-state index in [2.05, 4.69) is 27.5 Å². The van der Waals surface area contributed by atoms with Gasteiger partial charge in [-0.3, -0.25) is 9.36 Å². The zero-order valence-electron chi connectivity index (χ0n) is 20.1. The molecule has 0 saturated carbocycles. The highest BCUT2D eigenvalue weighted by Crippen LogP contribution is 2.35. The molecule has 0 spiro atoms. The van der Waals surface area contributed by atoms with Crippen LogP contribution in [0.5, 0.6) is 11.5 Å². The molecule has 0 radical (unpaired) electrons. The molecule has 2 aromatic carbocycles. The summed E-state index contributed by atoms with van der Waals surface area (Å²) in [5.74, 6) is 0.290. The molecule has 1 N–H and O–H groups in total. The average Bonchev–Trinajstić information content (AvgIpc) is 3.14. The zero-order chi connectivity index (χ0) is 26.0. The second-order valence-electron chi connectivity index (χ2n) is 8.08. The van der Waals surface area contributed by atoms with Crippen molar-refractivity contribution in [2.75, 3.05) is 13.7 Å². The van der Waals surface area contributed by atoms with E-state index in [0.29, 0.717) is 48.4 Å². The number of carbonyl (C=O) groups excluding carboxylic acids is 1. The van der Waals surface area contributed by atoms with Crippen LogP contribution in [0.3, 0.4) is 0 Å². The first kappa shape index (κ1) is 25.7. The van der Waals surface area contributed by atoms with Gasteiger partial charge in [-0.2, -0.15) is 0 Å². The van der Waals surface area contributed by atoms with Gasteiger partial charge in [0.05, 0.1) is 40.0 Å². The minimum absolute atomic E-state index is 0.174. The van der Waals surface area contributed by atoms with E-state index in [-0.39, 0.29) is 17.9 Å². The number of phenolic OH excluding ortho intramolecular Hbond substituents is 1. The second-order valence-corrected chi connectivity index (χ2v) is 9.94. The van der Waals surface area contributed by atoms with Gasteiger partial charge in [-0.25, -0.2) is 9.79 Å². The topological polar surface area (TPSA) is 90.1 Å².